The van der Waals surface area contributed by atoms with Crippen LogP contribution in [0.4, 0.5) is 4.39 Å². The molecule has 23 heavy (non-hydrogen) atoms. The maximum atomic E-state index is 13.9. The molecule has 1 amide bonds. The second-order valence-electron chi connectivity index (χ2n) is 6.70. The lowest BCUT2D eigenvalue weighted by atomic mass is 9.87. The minimum atomic E-state index is -0.108. The van der Waals surface area contributed by atoms with Crippen LogP contribution in [0.5, 0.6) is 0 Å². The van der Waals surface area contributed by atoms with Crippen molar-refractivity contribution in [3.05, 3.63) is 35.1 Å². The summed E-state index contributed by atoms with van der Waals surface area (Å²) in [7, 11) is 0. The fourth-order valence-corrected chi connectivity index (χ4v) is 3.91. The van der Waals surface area contributed by atoms with Crippen molar-refractivity contribution < 1.29 is 9.18 Å². The molecule has 1 heterocycles. The minimum absolute atomic E-state index is 0.106. The van der Waals surface area contributed by atoms with Crippen molar-refractivity contribution in [3.63, 3.8) is 0 Å². The van der Waals surface area contributed by atoms with Crippen LogP contribution >= 0.6 is 0 Å². The van der Waals surface area contributed by atoms with Crippen molar-refractivity contribution in [1.29, 1.82) is 0 Å². The van der Waals surface area contributed by atoms with E-state index in [9.17, 15) is 9.18 Å². The zero-order valence-corrected chi connectivity index (χ0v) is 13.9. The number of carbonyl (C=O) groups excluding carboxylic acids is 1. The van der Waals surface area contributed by atoms with E-state index in [-0.39, 0.29) is 23.8 Å². The maximum absolute atomic E-state index is 13.9. The molecule has 1 saturated carbocycles. The number of carbonyl (C=O) groups is 1. The van der Waals surface area contributed by atoms with Crippen LogP contribution < -0.4 is 10.6 Å². The van der Waals surface area contributed by atoms with Gasteiger partial charge in [0.2, 0.25) is 5.91 Å². The van der Waals surface area contributed by atoms with Gasteiger partial charge in [0.25, 0.3) is 0 Å². The van der Waals surface area contributed by atoms with Crippen LogP contribution in [0.1, 0.15) is 50.7 Å². The smallest absolute Gasteiger partial charge is 0.223 e. The van der Waals surface area contributed by atoms with Gasteiger partial charge in [-0.2, -0.15) is 0 Å². The summed E-state index contributed by atoms with van der Waals surface area (Å²) in [5, 5.41) is 6.04. The maximum Gasteiger partial charge on any atom is 0.223 e. The van der Waals surface area contributed by atoms with E-state index in [1.165, 1.54) is 12.5 Å². The first kappa shape index (κ1) is 16.0. The van der Waals surface area contributed by atoms with Crippen LogP contribution in [0, 0.1) is 11.7 Å². The zero-order chi connectivity index (χ0) is 16.6. The third kappa shape index (κ3) is 3.09. The van der Waals surface area contributed by atoms with Crippen LogP contribution in [0.2, 0.25) is 0 Å². The lowest BCUT2D eigenvalue weighted by Crippen LogP contribution is -2.41. The van der Waals surface area contributed by atoms with E-state index < -0.39 is 0 Å². The standard InChI is InChI=1S/C18H24FN3O/c1-4-5-13-8-12(6-7-15(13)19)14-9-16-17(10(14)2)22-18(21-16)20-11(3)23/h6-8,10,14,16-17H,4-5,9H2,1-3H3,(H2,20,21,22,23)/t10-,14-,16?,17?/m0/s1. The van der Waals surface area contributed by atoms with Gasteiger partial charge in [-0.1, -0.05) is 32.4 Å². The summed E-state index contributed by atoms with van der Waals surface area (Å²) in [5.41, 5.74) is 2.01. The Morgan fingerprint density at radius 1 is 1.48 bits per heavy atom. The van der Waals surface area contributed by atoms with E-state index >= 15 is 0 Å². The molecule has 124 valence electrons. The summed E-state index contributed by atoms with van der Waals surface area (Å²) in [6.07, 6.45) is 2.67. The Bertz CT molecular complexity index is 643. The normalized spacial score (nSPS) is 29.0. The summed E-state index contributed by atoms with van der Waals surface area (Å²) < 4.78 is 13.9. The second-order valence-corrected chi connectivity index (χ2v) is 6.70. The van der Waals surface area contributed by atoms with Crippen LogP contribution in [-0.4, -0.2) is 24.0 Å². The molecule has 0 saturated heterocycles. The van der Waals surface area contributed by atoms with Crippen molar-refractivity contribution in [2.24, 2.45) is 10.9 Å². The molecular formula is C18H24FN3O. The summed E-state index contributed by atoms with van der Waals surface area (Å²) in [6.45, 7) is 5.75. The van der Waals surface area contributed by atoms with Crippen LogP contribution in [0.15, 0.2) is 23.2 Å². The summed E-state index contributed by atoms with van der Waals surface area (Å²) >= 11 is 0. The van der Waals surface area contributed by atoms with Crippen LogP contribution in [0.3, 0.4) is 0 Å². The molecule has 0 aromatic heterocycles. The molecule has 0 radical (unpaired) electrons. The number of hydrogen-bond acceptors (Lipinski definition) is 3. The number of benzene rings is 1. The lowest BCUT2D eigenvalue weighted by Gasteiger charge is -2.19. The molecule has 2 unspecified atom stereocenters. The van der Waals surface area contributed by atoms with Crippen molar-refractivity contribution >= 4 is 11.9 Å². The fourth-order valence-electron chi connectivity index (χ4n) is 3.91. The predicted octanol–water partition coefficient (Wildman–Crippen LogP) is 2.73. The Kier molecular flexibility index (Phi) is 4.37. The molecule has 1 aromatic carbocycles. The molecule has 1 aliphatic carbocycles. The van der Waals surface area contributed by atoms with Crippen molar-refractivity contribution in [2.45, 2.75) is 58.0 Å². The van der Waals surface area contributed by atoms with Crippen LogP contribution in [-0.2, 0) is 11.2 Å². The van der Waals surface area contributed by atoms with Crippen molar-refractivity contribution in [2.75, 3.05) is 0 Å². The fraction of sp³-hybridized carbons (Fsp3) is 0.556. The third-order valence-electron chi connectivity index (χ3n) is 5.01. The predicted molar refractivity (Wildman–Crippen MR) is 88.9 cm³/mol. The van der Waals surface area contributed by atoms with Gasteiger partial charge in [-0.25, -0.2) is 9.38 Å². The number of fused-ring (bicyclic) bond motifs is 1. The first-order valence-corrected chi connectivity index (χ1v) is 8.39. The second kappa shape index (κ2) is 6.30. The highest BCUT2D eigenvalue weighted by Gasteiger charge is 2.45. The molecule has 3 rings (SSSR count). The number of guanidine groups is 1. The van der Waals surface area contributed by atoms with Gasteiger partial charge in [0, 0.05) is 6.92 Å². The van der Waals surface area contributed by atoms with E-state index in [1.807, 2.05) is 12.1 Å². The number of hydrogen-bond donors (Lipinski definition) is 2. The molecule has 1 aliphatic heterocycles. The molecule has 5 heteroatoms. The minimum Gasteiger partial charge on any atom is -0.351 e. The highest BCUT2D eigenvalue weighted by Crippen LogP contribution is 2.43. The van der Waals surface area contributed by atoms with Gasteiger partial charge in [-0.3, -0.25) is 10.1 Å². The van der Waals surface area contributed by atoms with Crippen LogP contribution in [0.25, 0.3) is 0 Å². The molecular weight excluding hydrogens is 293 g/mol. The third-order valence-corrected chi connectivity index (χ3v) is 5.01. The molecule has 1 aromatic rings. The number of nitrogens with zero attached hydrogens (tertiary/aromatic N) is 1. The van der Waals surface area contributed by atoms with Gasteiger partial charge >= 0.3 is 0 Å². The van der Waals surface area contributed by atoms with E-state index in [2.05, 4.69) is 29.5 Å². The van der Waals surface area contributed by atoms with Gasteiger partial charge in [-0.05, 0) is 41.9 Å². The highest BCUT2D eigenvalue weighted by atomic mass is 19.1. The Balaban J connectivity index is 1.78. The average molecular weight is 317 g/mol. The molecule has 0 spiro atoms. The van der Waals surface area contributed by atoms with E-state index in [1.54, 1.807) is 6.07 Å². The Morgan fingerprint density at radius 2 is 2.26 bits per heavy atom. The number of nitrogens with one attached hydrogen (secondary N) is 2. The van der Waals surface area contributed by atoms with Gasteiger partial charge in [0.05, 0.1) is 12.1 Å². The number of halogens is 1. The number of aliphatic imine (C=N–C) groups is 1. The van der Waals surface area contributed by atoms with E-state index in [0.717, 1.165) is 24.8 Å². The van der Waals surface area contributed by atoms with E-state index in [0.29, 0.717) is 17.8 Å². The molecule has 2 aliphatic rings. The van der Waals surface area contributed by atoms with Crippen molar-refractivity contribution in [1.82, 2.24) is 10.6 Å². The Hall–Kier alpha value is -1.91. The molecule has 1 fully saturated rings. The number of rotatable bonds is 3. The lowest BCUT2D eigenvalue weighted by molar-refractivity contribution is -0.117. The van der Waals surface area contributed by atoms with E-state index in [4.69, 9.17) is 0 Å². The summed E-state index contributed by atoms with van der Waals surface area (Å²) in [6, 6.07) is 5.95. The quantitative estimate of drug-likeness (QED) is 0.900. The van der Waals surface area contributed by atoms with Crippen molar-refractivity contribution in [3.8, 4) is 0 Å². The average Bonchev–Trinajstić information content (AvgIpc) is 3.00. The number of amides is 1. The van der Waals surface area contributed by atoms with Gasteiger partial charge < -0.3 is 5.32 Å². The summed E-state index contributed by atoms with van der Waals surface area (Å²) in [5.74, 6) is 1.10. The first-order valence-electron chi connectivity index (χ1n) is 8.39. The first-order chi connectivity index (χ1) is 11.0. The monoisotopic (exact) mass is 317 g/mol. The number of aryl methyl sites for hydroxylation is 1. The zero-order valence-electron chi connectivity index (χ0n) is 13.9. The largest absolute Gasteiger partial charge is 0.351 e. The molecule has 2 N–H and O–H groups in total. The summed E-state index contributed by atoms with van der Waals surface area (Å²) in [4.78, 5) is 15.8. The Labute approximate surface area is 136 Å². The van der Waals surface area contributed by atoms with Gasteiger partial charge in [0.1, 0.15) is 5.82 Å². The Morgan fingerprint density at radius 3 is 2.91 bits per heavy atom. The highest BCUT2D eigenvalue weighted by molar-refractivity contribution is 5.97. The molecule has 4 atom stereocenters. The van der Waals surface area contributed by atoms with Gasteiger partial charge in [0.15, 0.2) is 5.96 Å². The van der Waals surface area contributed by atoms with Gasteiger partial charge in [-0.15, -0.1) is 0 Å². The molecule has 4 nitrogen and oxygen atoms in total. The SMILES string of the molecule is CCCc1cc([C@H]2CC3NC(NC(C)=O)=NC3[C@H]2C)ccc1F. The molecule has 0 bridgehead atoms. The topological polar surface area (TPSA) is 53.5 Å².